The molecule has 1 aliphatic carbocycles. The normalized spacial score (nSPS) is 22.7. The van der Waals surface area contributed by atoms with Crippen molar-refractivity contribution in [3.63, 3.8) is 0 Å². The topological polar surface area (TPSA) is 51.6 Å². The van der Waals surface area contributed by atoms with E-state index in [4.69, 9.17) is 9.47 Å². The third kappa shape index (κ3) is 1.94. The lowest BCUT2D eigenvalue weighted by Gasteiger charge is -2.30. The van der Waals surface area contributed by atoms with Crippen LogP contribution in [0.15, 0.2) is 24.4 Å². The number of pyridine rings is 1. The number of aromatic hydroxyl groups is 1. The second-order valence-corrected chi connectivity index (χ2v) is 4.41. The van der Waals surface area contributed by atoms with Gasteiger partial charge in [-0.25, -0.2) is 0 Å². The number of rotatable bonds is 1. The molecule has 90 valence electrons. The molecule has 3 rings (SSSR count). The van der Waals surface area contributed by atoms with Crippen LogP contribution in [-0.2, 0) is 9.47 Å². The fourth-order valence-corrected chi connectivity index (χ4v) is 2.43. The first kappa shape index (κ1) is 10.7. The first-order chi connectivity index (χ1) is 8.29. The van der Waals surface area contributed by atoms with Gasteiger partial charge in [0.25, 0.3) is 0 Å². The number of hydrogen-bond donors (Lipinski definition) is 1. The van der Waals surface area contributed by atoms with E-state index in [0.29, 0.717) is 18.9 Å². The SMILES string of the molecule is Oc1cccnc1C1=CCC2(CC1)OCCO2. The zero-order valence-corrected chi connectivity index (χ0v) is 9.56. The predicted molar refractivity (Wildman–Crippen MR) is 62.4 cm³/mol. The summed E-state index contributed by atoms with van der Waals surface area (Å²) >= 11 is 0. The van der Waals surface area contributed by atoms with Gasteiger partial charge >= 0.3 is 0 Å². The maximum atomic E-state index is 9.75. The molecule has 4 nitrogen and oxygen atoms in total. The second-order valence-electron chi connectivity index (χ2n) is 4.41. The van der Waals surface area contributed by atoms with Crippen LogP contribution in [0.3, 0.4) is 0 Å². The van der Waals surface area contributed by atoms with Crippen LogP contribution < -0.4 is 0 Å². The third-order valence-corrected chi connectivity index (χ3v) is 3.34. The summed E-state index contributed by atoms with van der Waals surface area (Å²) in [6, 6.07) is 3.39. The Morgan fingerprint density at radius 2 is 2.12 bits per heavy atom. The summed E-state index contributed by atoms with van der Waals surface area (Å²) in [5.74, 6) is -0.170. The molecule has 0 aromatic carbocycles. The van der Waals surface area contributed by atoms with E-state index in [9.17, 15) is 5.11 Å². The van der Waals surface area contributed by atoms with Crippen LogP contribution in [-0.4, -0.2) is 29.1 Å². The van der Waals surface area contributed by atoms with Crippen LogP contribution >= 0.6 is 0 Å². The molecule has 4 heteroatoms. The quantitative estimate of drug-likeness (QED) is 0.807. The average Bonchev–Trinajstić information content (AvgIpc) is 2.80. The van der Waals surface area contributed by atoms with Crippen molar-refractivity contribution < 1.29 is 14.6 Å². The zero-order valence-electron chi connectivity index (χ0n) is 9.56. The monoisotopic (exact) mass is 233 g/mol. The smallest absolute Gasteiger partial charge is 0.172 e. The van der Waals surface area contributed by atoms with Gasteiger partial charge in [0.2, 0.25) is 0 Å². The molecule has 0 bridgehead atoms. The van der Waals surface area contributed by atoms with E-state index in [2.05, 4.69) is 11.1 Å². The summed E-state index contributed by atoms with van der Waals surface area (Å²) in [5.41, 5.74) is 1.76. The van der Waals surface area contributed by atoms with E-state index in [0.717, 1.165) is 24.8 Å². The molecule has 0 saturated carbocycles. The Balaban J connectivity index is 1.83. The van der Waals surface area contributed by atoms with Gasteiger partial charge in [-0.2, -0.15) is 0 Å². The first-order valence-electron chi connectivity index (χ1n) is 5.90. The highest BCUT2D eigenvalue weighted by Gasteiger charge is 2.38. The third-order valence-electron chi connectivity index (χ3n) is 3.34. The van der Waals surface area contributed by atoms with Gasteiger partial charge in [-0.1, -0.05) is 6.08 Å². The van der Waals surface area contributed by atoms with E-state index >= 15 is 0 Å². The minimum atomic E-state index is -0.409. The molecule has 0 amide bonds. The molecule has 1 saturated heterocycles. The standard InChI is InChI=1S/C13H15NO3/c15-11-2-1-7-14-12(11)10-3-5-13(6-4-10)16-8-9-17-13/h1-3,7,15H,4-6,8-9H2. The van der Waals surface area contributed by atoms with E-state index in [1.54, 1.807) is 18.3 Å². The van der Waals surface area contributed by atoms with Crippen molar-refractivity contribution in [1.82, 2.24) is 4.98 Å². The lowest BCUT2D eigenvalue weighted by molar-refractivity contribution is -0.159. The summed E-state index contributed by atoms with van der Waals surface area (Å²) in [5, 5.41) is 9.75. The predicted octanol–water partition coefficient (Wildman–Crippen LogP) is 2.10. The Morgan fingerprint density at radius 3 is 2.76 bits per heavy atom. The summed E-state index contributed by atoms with van der Waals surface area (Å²) < 4.78 is 11.3. The number of ether oxygens (including phenoxy) is 2. The minimum Gasteiger partial charge on any atom is -0.506 e. The highest BCUT2D eigenvalue weighted by Crippen LogP contribution is 2.39. The minimum absolute atomic E-state index is 0.239. The Bertz CT molecular complexity index is 450. The van der Waals surface area contributed by atoms with Crippen LogP contribution in [0.2, 0.25) is 0 Å². The van der Waals surface area contributed by atoms with Crippen molar-refractivity contribution in [2.24, 2.45) is 0 Å². The number of aromatic nitrogens is 1. The largest absolute Gasteiger partial charge is 0.506 e. The molecule has 2 aliphatic rings. The van der Waals surface area contributed by atoms with Gasteiger partial charge in [0, 0.05) is 19.0 Å². The van der Waals surface area contributed by atoms with Gasteiger partial charge in [0.05, 0.1) is 13.2 Å². The van der Waals surface area contributed by atoms with Crippen molar-refractivity contribution in [1.29, 1.82) is 0 Å². The number of hydrogen-bond acceptors (Lipinski definition) is 4. The van der Waals surface area contributed by atoms with E-state index in [1.807, 2.05) is 0 Å². The van der Waals surface area contributed by atoms with E-state index in [1.165, 1.54) is 0 Å². The number of nitrogens with zero attached hydrogens (tertiary/aromatic N) is 1. The summed E-state index contributed by atoms with van der Waals surface area (Å²) in [4.78, 5) is 4.22. The van der Waals surface area contributed by atoms with Crippen LogP contribution in [0.4, 0.5) is 0 Å². The van der Waals surface area contributed by atoms with Crippen molar-refractivity contribution in [2.45, 2.75) is 25.0 Å². The first-order valence-corrected chi connectivity index (χ1v) is 5.90. The second kappa shape index (κ2) is 4.13. The van der Waals surface area contributed by atoms with E-state index in [-0.39, 0.29) is 5.75 Å². The van der Waals surface area contributed by atoms with Crippen molar-refractivity contribution in [3.8, 4) is 5.75 Å². The highest BCUT2D eigenvalue weighted by molar-refractivity contribution is 5.67. The van der Waals surface area contributed by atoms with Crippen molar-refractivity contribution in [2.75, 3.05) is 13.2 Å². The average molecular weight is 233 g/mol. The Labute approximate surface area is 99.9 Å². The molecule has 0 atom stereocenters. The maximum Gasteiger partial charge on any atom is 0.172 e. The molecule has 1 fully saturated rings. The molecule has 1 spiro atoms. The Morgan fingerprint density at radius 1 is 1.29 bits per heavy atom. The zero-order chi connectivity index (χ0) is 11.7. The van der Waals surface area contributed by atoms with Gasteiger partial charge in [-0.05, 0) is 24.1 Å². The van der Waals surface area contributed by atoms with Gasteiger partial charge in [-0.15, -0.1) is 0 Å². The Hall–Kier alpha value is -1.39. The van der Waals surface area contributed by atoms with Crippen LogP contribution in [0.5, 0.6) is 5.75 Å². The fourth-order valence-electron chi connectivity index (χ4n) is 2.43. The van der Waals surface area contributed by atoms with Crippen molar-refractivity contribution >= 4 is 5.57 Å². The van der Waals surface area contributed by atoms with Crippen LogP contribution in [0, 0.1) is 0 Å². The molecular weight excluding hydrogens is 218 g/mol. The van der Waals surface area contributed by atoms with Gasteiger partial charge in [-0.3, -0.25) is 4.98 Å². The Kier molecular flexibility index (Phi) is 2.61. The summed E-state index contributed by atoms with van der Waals surface area (Å²) in [6.07, 6.45) is 6.15. The lowest BCUT2D eigenvalue weighted by Crippen LogP contribution is -2.31. The summed E-state index contributed by atoms with van der Waals surface area (Å²) in [6.45, 7) is 1.36. The number of allylic oxidation sites excluding steroid dienone is 1. The van der Waals surface area contributed by atoms with Gasteiger partial charge in [0.1, 0.15) is 11.4 Å². The molecule has 1 aromatic heterocycles. The van der Waals surface area contributed by atoms with Crippen molar-refractivity contribution in [3.05, 3.63) is 30.1 Å². The van der Waals surface area contributed by atoms with Gasteiger partial charge in [0.15, 0.2) is 5.79 Å². The van der Waals surface area contributed by atoms with Crippen LogP contribution in [0.1, 0.15) is 25.0 Å². The highest BCUT2D eigenvalue weighted by atomic mass is 16.7. The molecule has 2 heterocycles. The molecule has 17 heavy (non-hydrogen) atoms. The fraction of sp³-hybridized carbons (Fsp3) is 0.462. The van der Waals surface area contributed by atoms with Crippen LogP contribution in [0.25, 0.3) is 5.57 Å². The molecular formula is C13H15NO3. The maximum absolute atomic E-state index is 9.75. The lowest BCUT2D eigenvalue weighted by atomic mass is 9.92. The molecule has 1 aromatic rings. The molecule has 0 radical (unpaired) electrons. The molecule has 0 unspecified atom stereocenters. The van der Waals surface area contributed by atoms with E-state index < -0.39 is 5.79 Å². The molecule has 1 N–H and O–H groups in total. The van der Waals surface area contributed by atoms with Gasteiger partial charge < -0.3 is 14.6 Å². The summed E-state index contributed by atoms with van der Waals surface area (Å²) in [7, 11) is 0. The molecule has 1 aliphatic heterocycles.